The third kappa shape index (κ3) is 4.32. The molecule has 78 valence electrons. The van der Waals surface area contributed by atoms with Crippen molar-refractivity contribution < 1.29 is 32.2 Å². The van der Waals surface area contributed by atoms with Crippen LogP contribution in [0.5, 0.6) is 0 Å². The molecule has 0 heterocycles. The number of carbonyl (C=O) groups is 1. The second-order valence-electron chi connectivity index (χ2n) is 2.69. The third-order valence-corrected chi connectivity index (χ3v) is 1.64. The summed E-state index contributed by atoms with van der Waals surface area (Å²) in [5.74, 6) is -0.338. The summed E-state index contributed by atoms with van der Waals surface area (Å²) in [4.78, 5) is 10.9. The van der Waals surface area contributed by atoms with E-state index in [9.17, 15) is 4.79 Å². The average Bonchev–Trinajstić information content (AvgIpc) is 2.18. The molecule has 3 N–H and O–H groups in total. The maximum Gasteiger partial charge on any atom is 0.488 e. The zero-order chi connectivity index (χ0) is 10.6. The summed E-state index contributed by atoms with van der Waals surface area (Å²) < 4.78 is 0. The molecule has 1 aromatic rings. The Balaban J connectivity index is 0.00000196. The van der Waals surface area contributed by atoms with Crippen molar-refractivity contribution in [3.63, 3.8) is 0 Å². The van der Waals surface area contributed by atoms with Gasteiger partial charge < -0.3 is 15.4 Å². The van der Waals surface area contributed by atoms with Crippen LogP contribution in [-0.2, 0) is 22.2 Å². The summed E-state index contributed by atoms with van der Waals surface area (Å²) in [6.07, 6.45) is 1.14. The molecule has 15 heavy (non-hydrogen) atoms. The number of amides is 1. The molecule has 0 aliphatic rings. The van der Waals surface area contributed by atoms with Crippen molar-refractivity contribution in [2.24, 2.45) is 0 Å². The molecule has 0 atom stereocenters. The van der Waals surface area contributed by atoms with E-state index in [1.165, 1.54) is 6.07 Å². The average molecular weight is 243 g/mol. The van der Waals surface area contributed by atoms with E-state index < -0.39 is 7.12 Å². The largest absolute Gasteiger partial charge is 0.488 e. The molecule has 0 bridgehead atoms. The normalized spacial score (nSPS) is 8.67. The van der Waals surface area contributed by atoms with Crippen molar-refractivity contribution in [3.8, 4) is 0 Å². The van der Waals surface area contributed by atoms with E-state index in [4.69, 9.17) is 10.0 Å². The Morgan fingerprint density at radius 2 is 2.13 bits per heavy atom. The maximum absolute atomic E-state index is 10.9. The Labute approximate surface area is 98.9 Å². The van der Waals surface area contributed by atoms with Crippen molar-refractivity contribution >= 4 is 24.2 Å². The van der Waals surface area contributed by atoms with Gasteiger partial charge in [-0.05, 0) is 23.7 Å². The van der Waals surface area contributed by atoms with Gasteiger partial charge in [0.25, 0.3) is 0 Å². The van der Waals surface area contributed by atoms with Gasteiger partial charge in [0.2, 0.25) is 5.91 Å². The number of hydrogen-bond donors (Lipinski definition) is 3. The molecule has 0 saturated carbocycles. The fourth-order valence-electron chi connectivity index (χ4n) is 0.970. The molecule has 0 radical (unpaired) electrons. The zero-order valence-corrected chi connectivity index (χ0v) is 9.16. The van der Waals surface area contributed by atoms with Gasteiger partial charge in [0, 0.05) is 23.0 Å². The van der Waals surface area contributed by atoms with E-state index in [0.717, 1.165) is 6.08 Å². The molecule has 0 unspecified atom stereocenters. The number of anilines is 1. The number of carbonyl (C=O) groups excluding carboxylic acids is 1. The van der Waals surface area contributed by atoms with Gasteiger partial charge in [0.1, 0.15) is 0 Å². The van der Waals surface area contributed by atoms with Crippen LogP contribution < -0.4 is 10.8 Å². The summed E-state index contributed by atoms with van der Waals surface area (Å²) in [7, 11) is -1.53. The molecule has 1 rings (SSSR count). The fraction of sp³-hybridized carbons (Fsp3) is 0. The van der Waals surface area contributed by atoms with Crippen LogP contribution in [0.1, 0.15) is 0 Å². The van der Waals surface area contributed by atoms with Crippen molar-refractivity contribution in [2.75, 3.05) is 5.32 Å². The van der Waals surface area contributed by atoms with Gasteiger partial charge in [-0.25, -0.2) is 0 Å². The van der Waals surface area contributed by atoms with Gasteiger partial charge in [-0.15, -0.1) is 0 Å². The Kier molecular flexibility index (Phi) is 5.98. The molecule has 4 nitrogen and oxygen atoms in total. The topological polar surface area (TPSA) is 69.6 Å². The molecule has 0 spiro atoms. The minimum atomic E-state index is -1.53. The number of benzene rings is 1. The molecule has 6 heteroatoms. The van der Waals surface area contributed by atoms with E-state index in [1.54, 1.807) is 18.2 Å². The molecule has 0 aliphatic carbocycles. The standard InChI is InChI=1S/C9H10BNO3.Cr/c1-2-9(12)11-8-5-3-4-7(6-8)10(13)14;/h2-6,13-14H,1H2,(H,11,12);. The van der Waals surface area contributed by atoms with Crippen molar-refractivity contribution in [3.05, 3.63) is 36.9 Å². The van der Waals surface area contributed by atoms with Crippen molar-refractivity contribution in [2.45, 2.75) is 0 Å². The van der Waals surface area contributed by atoms with Crippen LogP contribution in [0.15, 0.2) is 36.9 Å². The Hall–Kier alpha value is -1.05. The summed E-state index contributed by atoms with van der Waals surface area (Å²) in [5, 5.41) is 20.2. The first-order valence-electron chi connectivity index (χ1n) is 4.03. The monoisotopic (exact) mass is 243 g/mol. The summed E-state index contributed by atoms with van der Waals surface area (Å²) >= 11 is 0. The SMILES string of the molecule is C=CC(=O)Nc1cccc(B(O)O)c1.[Cr]. The minimum absolute atomic E-state index is 0. The maximum atomic E-state index is 10.9. The summed E-state index contributed by atoms with van der Waals surface area (Å²) in [6.45, 7) is 3.30. The first-order chi connectivity index (χ1) is 6.63. The molecular weight excluding hydrogens is 233 g/mol. The van der Waals surface area contributed by atoms with Crippen molar-refractivity contribution in [1.29, 1.82) is 0 Å². The first-order valence-corrected chi connectivity index (χ1v) is 4.03. The van der Waals surface area contributed by atoms with Gasteiger partial charge in [0.05, 0.1) is 0 Å². The predicted octanol–water partition coefficient (Wildman–Crippen LogP) is -0.512. The van der Waals surface area contributed by atoms with Crippen LogP contribution in [0.4, 0.5) is 5.69 Å². The zero-order valence-electron chi connectivity index (χ0n) is 7.88. The van der Waals surface area contributed by atoms with E-state index in [2.05, 4.69) is 11.9 Å². The van der Waals surface area contributed by atoms with Gasteiger partial charge in [-0.3, -0.25) is 4.79 Å². The van der Waals surface area contributed by atoms with E-state index in [0.29, 0.717) is 11.2 Å². The minimum Gasteiger partial charge on any atom is -0.423 e. The summed E-state index contributed by atoms with van der Waals surface area (Å²) in [6, 6.07) is 6.29. The molecule has 1 amide bonds. The van der Waals surface area contributed by atoms with Crippen LogP contribution in [0.2, 0.25) is 0 Å². The van der Waals surface area contributed by atoms with E-state index in [1.807, 2.05) is 0 Å². The number of nitrogens with one attached hydrogen (secondary N) is 1. The Morgan fingerprint density at radius 1 is 1.47 bits per heavy atom. The van der Waals surface area contributed by atoms with Crippen LogP contribution in [0.3, 0.4) is 0 Å². The van der Waals surface area contributed by atoms with Crippen LogP contribution >= 0.6 is 0 Å². The Morgan fingerprint density at radius 3 is 2.67 bits per heavy atom. The number of rotatable bonds is 3. The fourth-order valence-corrected chi connectivity index (χ4v) is 0.970. The molecule has 0 fully saturated rings. The third-order valence-electron chi connectivity index (χ3n) is 1.64. The van der Waals surface area contributed by atoms with E-state index in [-0.39, 0.29) is 23.3 Å². The molecule has 0 aromatic heterocycles. The van der Waals surface area contributed by atoms with Gasteiger partial charge in [0.15, 0.2) is 0 Å². The van der Waals surface area contributed by atoms with E-state index >= 15 is 0 Å². The second-order valence-corrected chi connectivity index (χ2v) is 2.69. The van der Waals surface area contributed by atoms with Gasteiger partial charge in [-0.2, -0.15) is 0 Å². The van der Waals surface area contributed by atoms with Gasteiger partial charge in [-0.1, -0.05) is 18.7 Å². The van der Waals surface area contributed by atoms with Crippen LogP contribution in [0, 0.1) is 0 Å². The molecular formula is C9H10BCrNO3. The predicted molar refractivity (Wildman–Crippen MR) is 55.1 cm³/mol. The molecule has 0 aliphatic heterocycles. The number of hydrogen-bond acceptors (Lipinski definition) is 3. The second kappa shape index (κ2) is 6.43. The Bertz CT molecular complexity index is 357. The summed E-state index contributed by atoms with van der Waals surface area (Å²) in [5.41, 5.74) is 0.826. The van der Waals surface area contributed by atoms with Crippen LogP contribution in [0.25, 0.3) is 0 Å². The quantitative estimate of drug-likeness (QED) is 0.494. The van der Waals surface area contributed by atoms with Crippen molar-refractivity contribution in [1.82, 2.24) is 0 Å². The molecule has 1 aromatic carbocycles. The molecule has 0 saturated heterocycles. The first kappa shape index (κ1) is 13.9. The van der Waals surface area contributed by atoms with Crippen LogP contribution in [-0.4, -0.2) is 23.1 Å². The van der Waals surface area contributed by atoms with Gasteiger partial charge >= 0.3 is 7.12 Å². The smallest absolute Gasteiger partial charge is 0.423 e.